The van der Waals surface area contributed by atoms with Crippen LogP contribution in [0.4, 0.5) is 4.39 Å². The second-order valence-corrected chi connectivity index (χ2v) is 7.06. The summed E-state index contributed by atoms with van der Waals surface area (Å²) in [5, 5.41) is 0. The Labute approximate surface area is 142 Å². The molecule has 0 amide bonds. The Kier molecular flexibility index (Phi) is 6.72. The molecule has 0 heterocycles. The fourth-order valence-corrected chi connectivity index (χ4v) is 3.08. The average Bonchev–Trinajstić information content (AvgIpc) is 2.57. The molecule has 0 aliphatic carbocycles. The molecule has 0 fully saturated rings. The second-order valence-electron chi connectivity index (χ2n) is 5.29. The Morgan fingerprint density at radius 3 is 2.42 bits per heavy atom. The standard InChI is InChI=1S/C17H21FN2O3S/c1-20(13-14-23-17-10-6-5-9-16(17)18)12-11-19-24(21,22)15-7-3-2-4-8-15/h2-10,19H,11-14H2,1H3. The molecule has 130 valence electrons. The summed E-state index contributed by atoms with van der Waals surface area (Å²) < 4.78 is 45.4. The van der Waals surface area contributed by atoms with Gasteiger partial charge in [-0.1, -0.05) is 30.3 Å². The minimum atomic E-state index is -3.48. The molecule has 2 rings (SSSR count). The number of sulfonamides is 1. The number of halogens is 1. The Morgan fingerprint density at radius 2 is 1.71 bits per heavy atom. The molecular weight excluding hydrogens is 331 g/mol. The third-order valence-corrected chi connectivity index (χ3v) is 4.88. The molecular formula is C17H21FN2O3S. The largest absolute Gasteiger partial charge is 0.489 e. The van der Waals surface area contributed by atoms with Crippen LogP contribution in [0.5, 0.6) is 5.75 Å². The van der Waals surface area contributed by atoms with E-state index >= 15 is 0 Å². The highest BCUT2D eigenvalue weighted by Gasteiger charge is 2.12. The van der Waals surface area contributed by atoms with Gasteiger partial charge < -0.3 is 9.64 Å². The van der Waals surface area contributed by atoms with E-state index in [0.717, 1.165) is 0 Å². The zero-order valence-electron chi connectivity index (χ0n) is 13.5. The fraction of sp³-hybridized carbons (Fsp3) is 0.294. The van der Waals surface area contributed by atoms with E-state index < -0.39 is 15.8 Å². The molecule has 0 saturated carbocycles. The minimum Gasteiger partial charge on any atom is -0.489 e. The lowest BCUT2D eigenvalue weighted by atomic mass is 10.3. The molecule has 0 unspecified atom stereocenters. The summed E-state index contributed by atoms with van der Waals surface area (Å²) in [5.41, 5.74) is 0. The Balaban J connectivity index is 1.70. The lowest BCUT2D eigenvalue weighted by Crippen LogP contribution is -2.34. The summed E-state index contributed by atoms with van der Waals surface area (Å²) >= 11 is 0. The van der Waals surface area contributed by atoms with Crippen molar-refractivity contribution in [3.63, 3.8) is 0 Å². The smallest absolute Gasteiger partial charge is 0.240 e. The van der Waals surface area contributed by atoms with Crippen molar-refractivity contribution in [3.8, 4) is 5.75 Å². The van der Waals surface area contributed by atoms with Gasteiger partial charge in [-0.05, 0) is 31.3 Å². The number of hydrogen-bond donors (Lipinski definition) is 1. The number of ether oxygens (including phenoxy) is 1. The van der Waals surface area contributed by atoms with Gasteiger partial charge in [-0.3, -0.25) is 0 Å². The zero-order chi connectivity index (χ0) is 17.4. The zero-order valence-corrected chi connectivity index (χ0v) is 14.3. The predicted octanol–water partition coefficient (Wildman–Crippen LogP) is 2.11. The lowest BCUT2D eigenvalue weighted by Gasteiger charge is -2.17. The van der Waals surface area contributed by atoms with Gasteiger partial charge in [0.15, 0.2) is 11.6 Å². The number of likely N-dealkylation sites (N-methyl/N-ethyl adjacent to an activating group) is 1. The summed E-state index contributed by atoms with van der Waals surface area (Å²) in [6, 6.07) is 14.5. The van der Waals surface area contributed by atoms with E-state index in [1.54, 1.807) is 48.5 Å². The van der Waals surface area contributed by atoms with Crippen molar-refractivity contribution in [3.05, 3.63) is 60.4 Å². The van der Waals surface area contributed by atoms with Crippen LogP contribution in [0.3, 0.4) is 0 Å². The van der Waals surface area contributed by atoms with Crippen LogP contribution in [-0.2, 0) is 10.0 Å². The van der Waals surface area contributed by atoms with E-state index in [4.69, 9.17) is 4.74 Å². The maximum absolute atomic E-state index is 13.4. The number of para-hydroxylation sites is 1. The van der Waals surface area contributed by atoms with Crippen LogP contribution < -0.4 is 9.46 Å². The van der Waals surface area contributed by atoms with Crippen molar-refractivity contribution in [2.75, 3.05) is 33.3 Å². The van der Waals surface area contributed by atoms with Crippen LogP contribution in [0.25, 0.3) is 0 Å². The number of nitrogens with one attached hydrogen (secondary N) is 1. The highest BCUT2D eigenvalue weighted by Crippen LogP contribution is 2.14. The van der Waals surface area contributed by atoms with Crippen LogP contribution in [-0.4, -0.2) is 46.6 Å². The number of nitrogens with zero attached hydrogens (tertiary/aromatic N) is 1. The first-order valence-electron chi connectivity index (χ1n) is 7.59. The monoisotopic (exact) mass is 352 g/mol. The van der Waals surface area contributed by atoms with Crippen LogP contribution in [0.1, 0.15) is 0 Å². The van der Waals surface area contributed by atoms with Crippen molar-refractivity contribution in [2.45, 2.75) is 4.90 Å². The SMILES string of the molecule is CN(CCNS(=O)(=O)c1ccccc1)CCOc1ccccc1F. The minimum absolute atomic E-state index is 0.218. The number of benzene rings is 2. The van der Waals surface area contributed by atoms with Crippen molar-refractivity contribution in [1.29, 1.82) is 0 Å². The fourth-order valence-electron chi connectivity index (χ4n) is 2.04. The molecule has 7 heteroatoms. The molecule has 0 radical (unpaired) electrons. The molecule has 2 aromatic rings. The Hall–Kier alpha value is -1.96. The molecule has 0 spiro atoms. The summed E-state index contributed by atoms with van der Waals surface area (Å²) in [5.74, 6) is -0.175. The van der Waals surface area contributed by atoms with E-state index in [1.165, 1.54) is 6.07 Å². The first-order valence-corrected chi connectivity index (χ1v) is 9.08. The van der Waals surface area contributed by atoms with Crippen molar-refractivity contribution < 1.29 is 17.5 Å². The molecule has 0 bridgehead atoms. The average molecular weight is 352 g/mol. The predicted molar refractivity (Wildman–Crippen MR) is 91.0 cm³/mol. The van der Waals surface area contributed by atoms with Crippen LogP contribution in [0, 0.1) is 5.82 Å². The first kappa shape index (κ1) is 18.4. The van der Waals surface area contributed by atoms with Crippen LogP contribution >= 0.6 is 0 Å². The van der Waals surface area contributed by atoms with Crippen LogP contribution in [0.15, 0.2) is 59.5 Å². The second kappa shape index (κ2) is 8.77. The molecule has 2 aromatic carbocycles. The maximum atomic E-state index is 13.4. The van der Waals surface area contributed by atoms with E-state index in [-0.39, 0.29) is 17.2 Å². The van der Waals surface area contributed by atoms with Gasteiger partial charge in [-0.2, -0.15) is 0 Å². The molecule has 24 heavy (non-hydrogen) atoms. The molecule has 0 saturated heterocycles. The lowest BCUT2D eigenvalue weighted by molar-refractivity contribution is 0.233. The van der Waals surface area contributed by atoms with Gasteiger partial charge in [0.1, 0.15) is 6.61 Å². The number of rotatable bonds is 9. The van der Waals surface area contributed by atoms with Crippen molar-refractivity contribution in [2.24, 2.45) is 0 Å². The van der Waals surface area contributed by atoms with E-state index in [1.807, 2.05) is 11.9 Å². The highest BCUT2D eigenvalue weighted by atomic mass is 32.2. The van der Waals surface area contributed by atoms with Gasteiger partial charge in [-0.15, -0.1) is 0 Å². The Morgan fingerprint density at radius 1 is 1.04 bits per heavy atom. The molecule has 0 aliphatic heterocycles. The summed E-state index contributed by atoms with van der Waals surface area (Å²) in [7, 11) is -1.63. The van der Waals surface area contributed by atoms with Crippen molar-refractivity contribution in [1.82, 2.24) is 9.62 Å². The molecule has 1 N–H and O–H groups in total. The highest BCUT2D eigenvalue weighted by molar-refractivity contribution is 7.89. The van der Waals surface area contributed by atoms with Gasteiger partial charge in [0, 0.05) is 19.6 Å². The van der Waals surface area contributed by atoms with Crippen LogP contribution in [0.2, 0.25) is 0 Å². The quantitative estimate of drug-likeness (QED) is 0.751. The summed E-state index contributed by atoms with van der Waals surface area (Å²) in [6.45, 7) is 1.68. The molecule has 0 aromatic heterocycles. The molecule has 5 nitrogen and oxygen atoms in total. The summed E-state index contributed by atoms with van der Waals surface area (Å²) in [6.07, 6.45) is 0. The van der Waals surface area contributed by atoms with Crippen molar-refractivity contribution >= 4 is 10.0 Å². The van der Waals surface area contributed by atoms with E-state index in [0.29, 0.717) is 19.7 Å². The van der Waals surface area contributed by atoms with Gasteiger partial charge >= 0.3 is 0 Å². The maximum Gasteiger partial charge on any atom is 0.240 e. The van der Waals surface area contributed by atoms with Gasteiger partial charge in [0.25, 0.3) is 0 Å². The molecule has 0 atom stereocenters. The van der Waals surface area contributed by atoms with E-state index in [9.17, 15) is 12.8 Å². The van der Waals surface area contributed by atoms with Gasteiger partial charge in [0.2, 0.25) is 10.0 Å². The van der Waals surface area contributed by atoms with Gasteiger partial charge in [0.05, 0.1) is 4.90 Å². The number of hydrogen-bond acceptors (Lipinski definition) is 4. The molecule has 0 aliphatic rings. The summed E-state index contributed by atoms with van der Waals surface area (Å²) in [4.78, 5) is 2.16. The Bertz CT molecular complexity index is 739. The normalized spacial score (nSPS) is 11.6. The third kappa shape index (κ3) is 5.59. The van der Waals surface area contributed by atoms with E-state index in [2.05, 4.69) is 4.72 Å². The topological polar surface area (TPSA) is 58.6 Å². The van der Waals surface area contributed by atoms with Gasteiger partial charge in [-0.25, -0.2) is 17.5 Å². The third-order valence-electron chi connectivity index (χ3n) is 3.41. The first-order chi connectivity index (χ1) is 11.5.